The maximum absolute atomic E-state index is 13.7. The largest absolute Gasteiger partial charge is 0.390 e. The van der Waals surface area contributed by atoms with E-state index in [1.165, 1.54) is 65.6 Å². The van der Waals surface area contributed by atoms with Crippen LogP contribution in [0.25, 0.3) is 0 Å². The Kier molecular flexibility index (Phi) is 43.8. The van der Waals surface area contributed by atoms with Crippen molar-refractivity contribution in [2.24, 2.45) is 0 Å². The van der Waals surface area contributed by atoms with E-state index >= 15 is 0 Å². The summed E-state index contributed by atoms with van der Waals surface area (Å²) in [5, 5.41) is 47.9. The zero-order valence-corrected chi connectivity index (χ0v) is 86.5. The van der Waals surface area contributed by atoms with Crippen LogP contribution in [-0.4, -0.2) is 342 Å². The Balaban J connectivity index is 0.000000236. The van der Waals surface area contributed by atoms with Crippen molar-refractivity contribution in [2.45, 2.75) is 290 Å². The van der Waals surface area contributed by atoms with Gasteiger partial charge in [0.2, 0.25) is 0 Å². The van der Waals surface area contributed by atoms with Gasteiger partial charge in [-0.25, -0.2) is 48.3 Å². The first kappa shape index (κ1) is 118. The number of aryl methyl sites for hydroxylation is 5. The van der Waals surface area contributed by atoms with Crippen LogP contribution in [0.15, 0.2) is 91.0 Å². The van der Waals surface area contributed by atoms with Gasteiger partial charge in [0, 0.05) is 182 Å². The molecule has 0 radical (unpaired) electrons. The molecule has 6 saturated heterocycles. The van der Waals surface area contributed by atoms with Crippen molar-refractivity contribution >= 4 is 29.5 Å². The van der Waals surface area contributed by atoms with Gasteiger partial charge in [-0.3, -0.25) is 38.7 Å². The van der Waals surface area contributed by atoms with Crippen molar-refractivity contribution in [3.05, 3.63) is 176 Å². The van der Waals surface area contributed by atoms with Gasteiger partial charge in [-0.15, -0.1) is 0 Å². The second-order valence-electron chi connectivity index (χ2n) is 43.1. The molecule has 9 N–H and O–H groups in total. The van der Waals surface area contributed by atoms with Crippen LogP contribution >= 0.6 is 0 Å². The minimum Gasteiger partial charge on any atom is -0.390 e. The molecule has 0 spiro atoms. The maximum Gasteiger partial charge on any atom is 0.283 e. The average molecular weight is 1970 g/mol. The summed E-state index contributed by atoms with van der Waals surface area (Å²) in [7, 11) is 5.16. The van der Waals surface area contributed by atoms with Crippen LogP contribution in [0.4, 0.5) is 48.3 Å². The van der Waals surface area contributed by atoms with Crippen LogP contribution < -0.4 is 31.9 Å². The van der Waals surface area contributed by atoms with Crippen LogP contribution in [0.2, 0.25) is 0 Å². The molecule has 6 fully saturated rings. The number of alkyl halides is 6. The SMILES string of the molecule is Cc1ccc(F)cc1C(=O)NC1(CN(C)CC(C)(C)O)CCN(C(C)C)CC1.Cc1ccc(F)cc1C(=O)NC1(CN(C)CC(F)(F)CO)CCN(C(C)C)CC1.Cc1ccc(F)cc1C(=O)NC1(CN(C)CC(F)F)CCN(C(C)C)CC1.Cc1ccc(F)cc1C(=O)NC1(CN2CCC(F)(F)C2)CCN(C(C)C)CC1.Cc1ccc(F)cc1C(=O)NC1(CNCC(C)(C)O)CCN(C(C)C)CC1. The molecule has 34 heteroatoms. The van der Waals surface area contributed by atoms with Gasteiger partial charge in [0.15, 0.2) is 0 Å². The standard InChI is InChI=1S/C22H36FN3O2.C21H32F3N3O2.C21H30F3N3O.C21H34FN3O2.C20H30F3N3O/c1-16(2)26-11-9-22(10-12-26,15-25(6)14-21(4,5)28)24-20(27)19-13-18(23)8-7-17(19)3;1-15(2)27-9-7-20(8-10-27,12-26(4)13-21(23,24)14-28)25-19(29)18-11-17(22)6-5-16(18)3;1-15(2)27-10-6-20(7-11-27,13-26-9-8-21(23,24)14-26)25-19(28)18-12-17(22)5-4-16(18)3;1-15(2)25-10-8-21(9-11-25,14-23-13-20(4,5)27)24-19(26)18-12-17(22)7-6-16(18)3;1-14(2)26-9-7-20(8-10-26,13-25(4)12-18(22)23)24-19(27)17-11-16(21)6-5-15(17)3/h7-8,13,16,28H,9-12,14-15H2,1-6H3,(H,24,27);5-6,11,15,28H,7-10,12-14H2,1-4H3,(H,25,29);4-5,12,15H,6-11,13-14H2,1-3H3,(H,25,28);6-7,12,15,23,27H,8-11,13-14H2,1-5H3,(H,24,26);5-6,11,14,18H,7-10,12-13H2,1-4H3,(H,24,27). The lowest BCUT2D eigenvalue weighted by molar-refractivity contribution is -0.0731. The maximum atomic E-state index is 13.7. The highest BCUT2D eigenvalue weighted by Crippen LogP contribution is 2.36. The summed E-state index contributed by atoms with van der Waals surface area (Å²) < 4.78 is 148. The Morgan fingerprint density at radius 1 is 0.381 bits per heavy atom. The summed E-state index contributed by atoms with van der Waals surface area (Å²) >= 11 is 0. The molecule has 6 aliphatic heterocycles. The first-order valence-corrected chi connectivity index (χ1v) is 49.3. The van der Waals surface area contributed by atoms with E-state index in [0.29, 0.717) is 148 Å². The third-order valence-electron chi connectivity index (χ3n) is 27.9. The number of benzene rings is 5. The number of amides is 5. The number of halogens is 11. The number of likely N-dealkylation sites (tertiary alicyclic amines) is 6. The molecule has 0 saturated carbocycles. The molecule has 0 bridgehead atoms. The minimum absolute atomic E-state index is 0.141. The first-order chi connectivity index (χ1) is 64.6. The third-order valence-corrected chi connectivity index (χ3v) is 27.9. The van der Waals surface area contributed by atoms with Gasteiger partial charge < -0.3 is 76.6 Å². The highest BCUT2D eigenvalue weighted by Gasteiger charge is 2.47. The quantitative estimate of drug-likeness (QED) is 0.0174. The van der Waals surface area contributed by atoms with Gasteiger partial charge in [-0.2, -0.15) is 0 Å². The molecule has 11 rings (SSSR count). The molecular formula is C105H162F11N15O8. The number of likely N-dealkylation sites (N-methyl/N-ethyl adjacent to an activating group) is 3. The molecule has 782 valence electrons. The van der Waals surface area contributed by atoms with Gasteiger partial charge in [-0.05, 0) is 305 Å². The molecular weight excluding hydrogens is 1810 g/mol. The predicted molar refractivity (Wildman–Crippen MR) is 528 cm³/mol. The Morgan fingerprint density at radius 3 is 0.878 bits per heavy atom. The number of aliphatic hydroxyl groups is 3. The summed E-state index contributed by atoms with van der Waals surface area (Å²) in [4.78, 5) is 83.2. The van der Waals surface area contributed by atoms with Crippen LogP contribution in [0.1, 0.15) is 247 Å². The minimum atomic E-state index is -3.21. The third kappa shape index (κ3) is 37.7. The molecule has 0 aliphatic carbocycles. The monoisotopic (exact) mass is 1970 g/mol. The Hall–Kier alpha value is -7.84. The van der Waals surface area contributed by atoms with E-state index in [-0.39, 0.29) is 60.8 Å². The summed E-state index contributed by atoms with van der Waals surface area (Å²) in [6.07, 6.45) is 4.60. The smallest absolute Gasteiger partial charge is 0.283 e. The molecule has 0 unspecified atom stereocenters. The molecule has 23 nitrogen and oxygen atoms in total. The van der Waals surface area contributed by atoms with E-state index in [2.05, 4.69) is 131 Å². The fourth-order valence-corrected chi connectivity index (χ4v) is 19.8. The number of hydrogen-bond acceptors (Lipinski definition) is 18. The van der Waals surface area contributed by atoms with E-state index < -0.39 is 105 Å². The number of carbonyl (C=O) groups is 5. The fraction of sp³-hybridized carbons (Fsp3) is 0.667. The van der Waals surface area contributed by atoms with Crippen molar-refractivity contribution in [3.8, 4) is 0 Å². The number of piperidine rings is 5. The van der Waals surface area contributed by atoms with Crippen LogP contribution in [0.3, 0.4) is 0 Å². The second kappa shape index (κ2) is 51.6. The topological polar surface area (TPSA) is 247 Å². The van der Waals surface area contributed by atoms with E-state index in [1.807, 2.05) is 20.9 Å². The second-order valence-corrected chi connectivity index (χ2v) is 43.1. The number of hydrogen-bond donors (Lipinski definition) is 9. The fourth-order valence-electron chi connectivity index (χ4n) is 19.8. The van der Waals surface area contributed by atoms with Crippen molar-refractivity contribution in [1.82, 2.24) is 76.0 Å². The highest BCUT2D eigenvalue weighted by molar-refractivity contribution is 5.98. The number of nitrogens with zero attached hydrogens (tertiary/aromatic N) is 9. The van der Waals surface area contributed by atoms with Gasteiger partial charge in [-0.1, -0.05) is 30.3 Å². The van der Waals surface area contributed by atoms with Crippen molar-refractivity contribution in [3.63, 3.8) is 0 Å². The lowest BCUT2D eigenvalue weighted by atomic mass is 9.85. The summed E-state index contributed by atoms with van der Waals surface area (Å²) in [6.45, 7) is 46.6. The van der Waals surface area contributed by atoms with Gasteiger partial charge in [0.1, 0.15) is 35.7 Å². The van der Waals surface area contributed by atoms with Crippen molar-refractivity contribution in [1.29, 1.82) is 0 Å². The van der Waals surface area contributed by atoms with Crippen molar-refractivity contribution < 1.29 is 87.6 Å². The van der Waals surface area contributed by atoms with Crippen LogP contribution in [0, 0.1) is 63.7 Å². The molecule has 5 aromatic carbocycles. The van der Waals surface area contributed by atoms with Crippen LogP contribution in [-0.2, 0) is 0 Å². The molecule has 0 atom stereocenters. The lowest BCUT2D eigenvalue weighted by Gasteiger charge is -2.46. The molecule has 5 aromatic rings. The normalized spacial score (nSPS) is 18.8. The van der Waals surface area contributed by atoms with Gasteiger partial charge in [0.05, 0.1) is 58.5 Å². The summed E-state index contributed by atoms with van der Waals surface area (Å²) in [6, 6.07) is 23.0. The zero-order valence-electron chi connectivity index (χ0n) is 86.5. The van der Waals surface area contributed by atoms with Gasteiger partial charge >= 0.3 is 0 Å². The molecule has 6 heterocycles. The lowest BCUT2D eigenvalue weighted by Crippen LogP contribution is -2.61. The number of aliphatic hydroxyl groups excluding tert-OH is 1. The van der Waals surface area contributed by atoms with E-state index in [9.17, 15) is 82.5 Å². The predicted octanol–water partition coefficient (Wildman–Crippen LogP) is 14.7. The Labute approximate surface area is 819 Å². The van der Waals surface area contributed by atoms with E-state index in [1.54, 1.807) is 103 Å². The van der Waals surface area contributed by atoms with Gasteiger partial charge in [0.25, 0.3) is 47.8 Å². The van der Waals surface area contributed by atoms with E-state index in [0.717, 1.165) is 102 Å². The van der Waals surface area contributed by atoms with E-state index in [4.69, 9.17) is 5.11 Å². The molecule has 6 aliphatic rings. The molecule has 139 heavy (non-hydrogen) atoms. The number of carbonyl (C=O) groups excluding carboxylic acids is 5. The molecule has 5 amide bonds. The summed E-state index contributed by atoms with van der Waals surface area (Å²) in [5.74, 6) is -9.67. The average Bonchev–Trinajstić information content (AvgIpc) is 1.53. The highest BCUT2D eigenvalue weighted by atomic mass is 19.3. The van der Waals surface area contributed by atoms with Crippen molar-refractivity contribution in [2.75, 3.05) is 165 Å². The Morgan fingerprint density at radius 2 is 0.633 bits per heavy atom. The zero-order chi connectivity index (χ0) is 104. The first-order valence-electron chi connectivity index (χ1n) is 49.3. The Bertz CT molecular complexity index is 4740. The summed E-state index contributed by atoms with van der Waals surface area (Å²) in [5.41, 5.74) is 0.826. The molecule has 0 aromatic heterocycles. The number of rotatable bonds is 34. The number of nitrogens with one attached hydrogen (secondary N) is 6. The van der Waals surface area contributed by atoms with Crippen LogP contribution in [0.5, 0.6) is 0 Å².